The second kappa shape index (κ2) is 8.45. The summed E-state index contributed by atoms with van der Waals surface area (Å²) in [6, 6.07) is 15.3. The average Bonchev–Trinajstić information content (AvgIpc) is 2.76. The third-order valence-electron chi connectivity index (χ3n) is 5.20. The van der Waals surface area contributed by atoms with Gasteiger partial charge < -0.3 is 15.0 Å². The van der Waals surface area contributed by atoms with Gasteiger partial charge in [0.25, 0.3) is 0 Å². The molecule has 29 heavy (non-hydrogen) atoms. The third-order valence-corrected chi connectivity index (χ3v) is 5.20. The average molecular weight is 392 g/mol. The van der Waals surface area contributed by atoms with E-state index in [4.69, 9.17) is 4.74 Å². The Bertz CT molecular complexity index is 1060. The van der Waals surface area contributed by atoms with Crippen LogP contribution in [0.1, 0.15) is 18.5 Å². The number of para-hydroxylation sites is 1. The van der Waals surface area contributed by atoms with Crippen molar-refractivity contribution in [1.29, 1.82) is 0 Å². The molecule has 1 aromatic heterocycles. The molecule has 1 N–H and O–H groups in total. The van der Waals surface area contributed by atoms with Crippen molar-refractivity contribution in [1.82, 2.24) is 15.1 Å². The van der Waals surface area contributed by atoms with Gasteiger partial charge in [0.05, 0.1) is 31.0 Å². The summed E-state index contributed by atoms with van der Waals surface area (Å²) in [5.41, 5.74) is 2.70. The minimum Gasteiger partial charge on any atom is -0.378 e. The molecule has 7 nitrogen and oxygen atoms in total. The Morgan fingerprint density at radius 1 is 1.14 bits per heavy atom. The van der Waals surface area contributed by atoms with Crippen LogP contribution in [0.3, 0.4) is 0 Å². The standard InChI is InChI=1S/C22H24N4O3/c1-16(17-6-8-18(9-7-17)25-10-12-29-13-11-25)24-22(28)15-26-20-5-3-2-4-19(20)21(27)14-23-26/h2-9,14,16H,10-13,15H2,1H3,(H,24,28). The molecule has 4 rings (SSSR count). The highest BCUT2D eigenvalue weighted by molar-refractivity contribution is 5.81. The number of nitrogens with zero attached hydrogens (tertiary/aromatic N) is 3. The van der Waals surface area contributed by atoms with E-state index in [2.05, 4.69) is 27.4 Å². The van der Waals surface area contributed by atoms with Crippen LogP contribution in [0.15, 0.2) is 59.5 Å². The number of fused-ring (bicyclic) bond motifs is 1. The molecule has 0 radical (unpaired) electrons. The minimum absolute atomic E-state index is 0.0526. The number of rotatable bonds is 5. The van der Waals surface area contributed by atoms with Gasteiger partial charge in [-0.05, 0) is 36.8 Å². The molecule has 1 fully saturated rings. The lowest BCUT2D eigenvalue weighted by Crippen LogP contribution is -2.36. The molecule has 2 aromatic carbocycles. The Morgan fingerprint density at radius 2 is 1.86 bits per heavy atom. The number of morpholine rings is 1. The molecule has 0 saturated carbocycles. The highest BCUT2D eigenvalue weighted by atomic mass is 16.5. The van der Waals surface area contributed by atoms with Crippen LogP contribution in [-0.2, 0) is 16.1 Å². The molecule has 1 saturated heterocycles. The van der Waals surface area contributed by atoms with Crippen LogP contribution < -0.4 is 15.6 Å². The lowest BCUT2D eigenvalue weighted by atomic mass is 10.1. The van der Waals surface area contributed by atoms with Crippen LogP contribution in [0.25, 0.3) is 10.9 Å². The van der Waals surface area contributed by atoms with Crippen molar-refractivity contribution in [2.75, 3.05) is 31.2 Å². The van der Waals surface area contributed by atoms with E-state index in [1.165, 1.54) is 11.9 Å². The van der Waals surface area contributed by atoms with Gasteiger partial charge in [-0.2, -0.15) is 5.10 Å². The Hall–Kier alpha value is -3.19. The summed E-state index contributed by atoms with van der Waals surface area (Å²) >= 11 is 0. The zero-order chi connectivity index (χ0) is 20.2. The van der Waals surface area contributed by atoms with Crippen molar-refractivity contribution in [3.63, 3.8) is 0 Å². The molecule has 1 aliphatic heterocycles. The van der Waals surface area contributed by atoms with Gasteiger partial charge in [0.2, 0.25) is 11.3 Å². The maximum absolute atomic E-state index is 12.6. The summed E-state index contributed by atoms with van der Waals surface area (Å²) in [7, 11) is 0. The lowest BCUT2D eigenvalue weighted by molar-refractivity contribution is -0.122. The topological polar surface area (TPSA) is 76.5 Å². The maximum Gasteiger partial charge on any atom is 0.242 e. The van der Waals surface area contributed by atoms with Gasteiger partial charge >= 0.3 is 0 Å². The van der Waals surface area contributed by atoms with Crippen molar-refractivity contribution in [2.24, 2.45) is 0 Å². The molecule has 7 heteroatoms. The van der Waals surface area contributed by atoms with E-state index in [1.807, 2.05) is 25.1 Å². The zero-order valence-electron chi connectivity index (χ0n) is 16.4. The summed E-state index contributed by atoms with van der Waals surface area (Å²) in [5.74, 6) is -0.156. The number of anilines is 1. The first kappa shape index (κ1) is 19.1. The number of ether oxygens (including phenoxy) is 1. The van der Waals surface area contributed by atoms with Crippen LogP contribution >= 0.6 is 0 Å². The highest BCUT2D eigenvalue weighted by Gasteiger charge is 2.14. The number of hydrogen-bond donors (Lipinski definition) is 1. The smallest absolute Gasteiger partial charge is 0.242 e. The predicted molar refractivity (Wildman–Crippen MR) is 112 cm³/mol. The van der Waals surface area contributed by atoms with Crippen LogP contribution in [-0.4, -0.2) is 42.0 Å². The first-order valence-electron chi connectivity index (χ1n) is 9.79. The van der Waals surface area contributed by atoms with Crippen molar-refractivity contribution in [2.45, 2.75) is 19.5 Å². The molecule has 1 atom stereocenters. The Balaban J connectivity index is 1.42. The molecule has 2 heterocycles. The fourth-order valence-electron chi connectivity index (χ4n) is 3.59. The first-order chi connectivity index (χ1) is 14.1. The molecule has 0 bridgehead atoms. The molecular weight excluding hydrogens is 368 g/mol. The van der Waals surface area contributed by atoms with E-state index >= 15 is 0 Å². The number of amides is 1. The number of nitrogens with one attached hydrogen (secondary N) is 1. The quantitative estimate of drug-likeness (QED) is 0.720. The van der Waals surface area contributed by atoms with E-state index in [0.29, 0.717) is 10.9 Å². The maximum atomic E-state index is 12.6. The highest BCUT2D eigenvalue weighted by Crippen LogP contribution is 2.20. The van der Waals surface area contributed by atoms with Crippen molar-refractivity contribution < 1.29 is 9.53 Å². The number of hydrogen-bond acceptors (Lipinski definition) is 5. The van der Waals surface area contributed by atoms with Gasteiger partial charge in [0.15, 0.2) is 0 Å². The molecule has 0 aliphatic carbocycles. The summed E-state index contributed by atoms with van der Waals surface area (Å²) in [6.45, 7) is 5.30. The van der Waals surface area contributed by atoms with Crippen LogP contribution in [0.4, 0.5) is 5.69 Å². The minimum atomic E-state index is -0.156. The van der Waals surface area contributed by atoms with Gasteiger partial charge in [0, 0.05) is 24.2 Å². The molecule has 1 amide bonds. The molecule has 1 unspecified atom stereocenters. The second-order valence-electron chi connectivity index (χ2n) is 7.16. The van der Waals surface area contributed by atoms with Crippen LogP contribution in [0.2, 0.25) is 0 Å². The number of aromatic nitrogens is 2. The third kappa shape index (κ3) is 4.30. The summed E-state index contributed by atoms with van der Waals surface area (Å²) < 4.78 is 6.95. The number of carbonyl (C=O) groups is 1. The predicted octanol–water partition coefficient (Wildman–Crippen LogP) is 2.11. The Kier molecular flexibility index (Phi) is 5.57. The monoisotopic (exact) mass is 392 g/mol. The van der Waals surface area contributed by atoms with Gasteiger partial charge in [-0.3, -0.25) is 14.3 Å². The Labute approximate surface area is 168 Å². The summed E-state index contributed by atoms with van der Waals surface area (Å²) in [4.78, 5) is 26.8. The van der Waals surface area contributed by atoms with E-state index in [1.54, 1.807) is 22.9 Å². The molecular formula is C22H24N4O3. The molecule has 3 aromatic rings. The van der Waals surface area contributed by atoms with Crippen LogP contribution in [0.5, 0.6) is 0 Å². The summed E-state index contributed by atoms with van der Waals surface area (Å²) in [6.07, 6.45) is 1.25. The zero-order valence-corrected chi connectivity index (χ0v) is 16.4. The SMILES string of the molecule is CC(NC(=O)Cn1ncc(=O)c2ccccc21)c1ccc(N2CCOCC2)cc1. The van der Waals surface area contributed by atoms with Gasteiger partial charge in [-0.1, -0.05) is 24.3 Å². The van der Waals surface area contributed by atoms with Gasteiger partial charge in [0.1, 0.15) is 6.54 Å². The van der Waals surface area contributed by atoms with E-state index in [-0.39, 0.29) is 23.9 Å². The van der Waals surface area contributed by atoms with E-state index in [9.17, 15) is 9.59 Å². The number of benzene rings is 2. The molecule has 1 aliphatic rings. The normalized spacial score (nSPS) is 15.3. The Morgan fingerprint density at radius 3 is 2.62 bits per heavy atom. The fourth-order valence-corrected chi connectivity index (χ4v) is 3.59. The lowest BCUT2D eigenvalue weighted by Gasteiger charge is -2.29. The second-order valence-corrected chi connectivity index (χ2v) is 7.16. The fraction of sp³-hybridized carbons (Fsp3) is 0.318. The van der Waals surface area contributed by atoms with Crippen LogP contribution in [0, 0.1) is 0 Å². The van der Waals surface area contributed by atoms with Crippen molar-refractivity contribution >= 4 is 22.5 Å². The number of carbonyl (C=O) groups excluding carboxylic acids is 1. The van der Waals surface area contributed by atoms with E-state index < -0.39 is 0 Å². The molecule has 0 spiro atoms. The first-order valence-corrected chi connectivity index (χ1v) is 9.79. The van der Waals surface area contributed by atoms with Crippen molar-refractivity contribution in [3.05, 3.63) is 70.5 Å². The van der Waals surface area contributed by atoms with Gasteiger partial charge in [-0.25, -0.2) is 0 Å². The largest absolute Gasteiger partial charge is 0.378 e. The van der Waals surface area contributed by atoms with E-state index in [0.717, 1.165) is 31.9 Å². The van der Waals surface area contributed by atoms with Crippen molar-refractivity contribution in [3.8, 4) is 0 Å². The molecule has 150 valence electrons. The summed E-state index contributed by atoms with van der Waals surface area (Å²) in [5, 5.41) is 7.69. The van der Waals surface area contributed by atoms with Gasteiger partial charge in [-0.15, -0.1) is 0 Å².